The van der Waals surface area contributed by atoms with E-state index < -0.39 is 5.82 Å². The van der Waals surface area contributed by atoms with Crippen LogP contribution in [0, 0.1) is 5.82 Å². The maximum atomic E-state index is 13.8. The second-order valence-electron chi connectivity index (χ2n) is 5.31. The van der Waals surface area contributed by atoms with Crippen LogP contribution in [0.3, 0.4) is 0 Å². The molecule has 8 heteroatoms. The molecule has 3 rings (SSSR count). The quantitative estimate of drug-likeness (QED) is 0.795. The summed E-state index contributed by atoms with van der Waals surface area (Å²) in [4.78, 5) is 22.2. The molecule has 0 spiro atoms. The first-order valence-electron chi connectivity index (χ1n) is 7.34. The molecular weight excluding hydrogens is 381 g/mol. The molecule has 6 nitrogen and oxygen atoms in total. The summed E-state index contributed by atoms with van der Waals surface area (Å²) in [6.07, 6.45) is 3.68. The Kier molecular flexibility index (Phi) is 4.94. The Bertz CT molecular complexity index is 742. The van der Waals surface area contributed by atoms with Gasteiger partial charge in [-0.15, -0.1) is 0 Å². The van der Waals surface area contributed by atoms with Crippen molar-refractivity contribution < 1.29 is 18.7 Å². The van der Waals surface area contributed by atoms with E-state index in [1.807, 2.05) is 0 Å². The molecule has 1 aliphatic heterocycles. The molecule has 0 aliphatic carbocycles. The largest absolute Gasteiger partial charge is 0.494 e. The molecule has 126 valence electrons. The van der Waals surface area contributed by atoms with Gasteiger partial charge in [-0.2, -0.15) is 0 Å². The van der Waals surface area contributed by atoms with Gasteiger partial charge in [-0.3, -0.25) is 4.79 Å². The lowest BCUT2D eigenvalue weighted by Gasteiger charge is -2.17. The molecule has 1 saturated heterocycles. The molecule has 1 aromatic heterocycles. The Labute approximate surface area is 146 Å². The standard InChI is InChI=1S/C16H15BrFN3O3/c1-23-14-3-2-10(6-13(14)18)15(22)21-5-4-12(9-21)24-16-19-7-11(17)8-20-16/h2-3,6-8,12H,4-5,9H2,1H3/t12-/m1/s1. The highest BCUT2D eigenvalue weighted by molar-refractivity contribution is 9.10. The Morgan fingerprint density at radius 1 is 1.38 bits per heavy atom. The molecule has 1 fully saturated rings. The minimum atomic E-state index is -0.557. The number of nitrogens with zero attached hydrogens (tertiary/aromatic N) is 3. The van der Waals surface area contributed by atoms with Crippen LogP contribution >= 0.6 is 15.9 Å². The van der Waals surface area contributed by atoms with E-state index in [0.29, 0.717) is 19.5 Å². The van der Waals surface area contributed by atoms with Crippen molar-refractivity contribution in [2.45, 2.75) is 12.5 Å². The van der Waals surface area contributed by atoms with Crippen LogP contribution in [0.2, 0.25) is 0 Å². The van der Waals surface area contributed by atoms with Crippen LogP contribution in [0.25, 0.3) is 0 Å². The van der Waals surface area contributed by atoms with Gasteiger partial charge in [-0.05, 0) is 34.1 Å². The summed E-state index contributed by atoms with van der Waals surface area (Å²) >= 11 is 3.26. The molecule has 2 aromatic rings. The Morgan fingerprint density at radius 3 is 2.79 bits per heavy atom. The van der Waals surface area contributed by atoms with Crippen LogP contribution in [-0.4, -0.2) is 47.1 Å². The van der Waals surface area contributed by atoms with Gasteiger partial charge in [0.25, 0.3) is 5.91 Å². The molecule has 2 heterocycles. The SMILES string of the molecule is COc1ccc(C(=O)N2CC[C@@H](Oc3ncc(Br)cn3)C2)cc1F. The third-order valence-electron chi connectivity index (χ3n) is 3.70. The fourth-order valence-electron chi connectivity index (χ4n) is 2.50. The fraction of sp³-hybridized carbons (Fsp3) is 0.312. The van der Waals surface area contributed by atoms with Gasteiger partial charge in [0.2, 0.25) is 0 Å². The van der Waals surface area contributed by atoms with E-state index in [-0.39, 0.29) is 29.3 Å². The lowest BCUT2D eigenvalue weighted by atomic mass is 10.2. The van der Waals surface area contributed by atoms with E-state index in [4.69, 9.17) is 9.47 Å². The Morgan fingerprint density at radius 2 is 2.12 bits per heavy atom. The predicted molar refractivity (Wildman–Crippen MR) is 87.6 cm³/mol. The lowest BCUT2D eigenvalue weighted by molar-refractivity contribution is 0.0769. The van der Waals surface area contributed by atoms with Crippen molar-refractivity contribution in [3.63, 3.8) is 0 Å². The summed E-state index contributed by atoms with van der Waals surface area (Å²) in [7, 11) is 1.38. The van der Waals surface area contributed by atoms with E-state index in [2.05, 4.69) is 25.9 Å². The van der Waals surface area contributed by atoms with E-state index in [0.717, 1.165) is 4.47 Å². The van der Waals surface area contributed by atoms with Crippen molar-refractivity contribution in [3.8, 4) is 11.8 Å². The summed E-state index contributed by atoms with van der Waals surface area (Å²) < 4.78 is 25.1. The van der Waals surface area contributed by atoms with Crippen LogP contribution in [-0.2, 0) is 0 Å². The number of amides is 1. The number of methoxy groups -OCH3 is 1. The van der Waals surface area contributed by atoms with E-state index in [1.165, 1.54) is 19.2 Å². The Hall–Kier alpha value is -2.22. The molecule has 24 heavy (non-hydrogen) atoms. The molecule has 1 aromatic carbocycles. The van der Waals surface area contributed by atoms with Crippen LogP contribution in [0.15, 0.2) is 35.1 Å². The predicted octanol–water partition coefficient (Wildman–Crippen LogP) is 2.68. The van der Waals surface area contributed by atoms with Gasteiger partial charge >= 0.3 is 6.01 Å². The second kappa shape index (κ2) is 7.12. The van der Waals surface area contributed by atoms with E-state index in [9.17, 15) is 9.18 Å². The second-order valence-corrected chi connectivity index (χ2v) is 6.23. The molecule has 1 amide bonds. The van der Waals surface area contributed by atoms with Crippen molar-refractivity contribution in [2.75, 3.05) is 20.2 Å². The van der Waals surface area contributed by atoms with Crippen LogP contribution in [0.5, 0.6) is 11.8 Å². The van der Waals surface area contributed by atoms with Gasteiger partial charge in [0.15, 0.2) is 11.6 Å². The summed E-state index contributed by atoms with van der Waals surface area (Å²) in [5.41, 5.74) is 0.286. The summed E-state index contributed by atoms with van der Waals surface area (Å²) in [6, 6.07) is 4.46. The number of aromatic nitrogens is 2. The van der Waals surface area contributed by atoms with Crippen LogP contribution < -0.4 is 9.47 Å². The van der Waals surface area contributed by atoms with Crippen molar-refractivity contribution in [1.29, 1.82) is 0 Å². The normalized spacial score (nSPS) is 17.0. The maximum Gasteiger partial charge on any atom is 0.316 e. The molecule has 0 saturated carbocycles. The lowest BCUT2D eigenvalue weighted by Crippen LogP contribution is -2.31. The molecule has 0 bridgehead atoms. The number of ether oxygens (including phenoxy) is 2. The molecule has 1 aliphatic rings. The Balaban J connectivity index is 1.63. The monoisotopic (exact) mass is 395 g/mol. The van der Waals surface area contributed by atoms with Gasteiger partial charge in [-0.1, -0.05) is 0 Å². The molecule has 0 unspecified atom stereocenters. The number of halogens is 2. The van der Waals surface area contributed by atoms with Gasteiger partial charge < -0.3 is 14.4 Å². The molecule has 0 N–H and O–H groups in total. The number of likely N-dealkylation sites (tertiary alicyclic amines) is 1. The highest BCUT2D eigenvalue weighted by Crippen LogP contribution is 2.21. The number of benzene rings is 1. The maximum absolute atomic E-state index is 13.8. The first kappa shape index (κ1) is 16.6. The number of hydrogen-bond acceptors (Lipinski definition) is 5. The number of rotatable bonds is 4. The average Bonchev–Trinajstić information content (AvgIpc) is 3.04. The van der Waals surface area contributed by atoms with Crippen molar-refractivity contribution >= 4 is 21.8 Å². The van der Waals surface area contributed by atoms with E-state index >= 15 is 0 Å². The van der Waals surface area contributed by atoms with Crippen LogP contribution in [0.4, 0.5) is 4.39 Å². The molecular formula is C16H15BrFN3O3. The van der Waals surface area contributed by atoms with Crippen molar-refractivity contribution in [3.05, 3.63) is 46.4 Å². The third-order valence-corrected chi connectivity index (χ3v) is 4.11. The smallest absolute Gasteiger partial charge is 0.316 e. The van der Waals surface area contributed by atoms with Gasteiger partial charge in [0.1, 0.15) is 6.10 Å². The first-order chi connectivity index (χ1) is 11.6. The zero-order chi connectivity index (χ0) is 17.1. The topological polar surface area (TPSA) is 64.5 Å². The zero-order valence-corrected chi connectivity index (χ0v) is 14.5. The molecule has 1 atom stereocenters. The minimum absolute atomic E-state index is 0.113. The summed E-state index contributed by atoms with van der Waals surface area (Å²) in [5.74, 6) is -0.681. The van der Waals surface area contributed by atoms with Gasteiger partial charge in [0, 0.05) is 30.9 Å². The van der Waals surface area contributed by atoms with Gasteiger partial charge in [-0.25, -0.2) is 14.4 Å². The fourth-order valence-corrected chi connectivity index (χ4v) is 2.71. The average molecular weight is 396 g/mol. The van der Waals surface area contributed by atoms with Crippen molar-refractivity contribution in [2.24, 2.45) is 0 Å². The number of hydrogen-bond donors (Lipinski definition) is 0. The van der Waals surface area contributed by atoms with E-state index in [1.54, 1.807) is 23.4 Å². The highest BCUT2D eigenvalue weighted by atomic mass is 79.9. The zero-order valence-electron chi connectivity index (χ0n) is 12.9. The summed E-state index contributed by atoms with van der Waals surface area (Å²) in [6.45, 7) is 0.944. The number of carbonyl (C=O) groups is 1. The minimum Gasteiger partial charge on any atom is -0.494 e. The highest BCUT2D eigenvalue weighted by Gasteiger charge is 2.29. The number of carbonyl (C=O) groups excluding carboxylic acids is 1. The van der Waals surface area contributed by atoms with Crippen LogP contribution in [0.1, 0.15) is 16.8 Å². The molecule has 0 radical (unpaired) electrons. The first-order valence-corrected chi connectivity index (χ1v) is 8.13. The third kappa shape index (κ3) is 3.64. The van der Waals surface area contributed by atoms with Gasteiger partial charge in [0.05, 0.1) is 18.1 Å². The summed E-state index contributed by atoms with van der Waals surface area (Å²) in [5, 5.41) is 0. The van der Waals surface area contributed by atoms with Crippen molar-refractivity contribution in [1.82, 2.24) is 14.9 Å².